The highest BCUT2D eigenvalue weighted by Crippen LogP contribution is 2.66. The van der Waals surface area contributed by atoms with Gasteiger partial charge in [-0.25, -0.2) is 18.1 Å². The van der Waals surface area contributed by atoms with Crippen LogP contribution in [0.3, 0.4) is 0 Å². The lowest BCUT2D eigenvalue weighted by Gasteiger charge is -2.33. The van der Waals surface area contributed by atoms with E-state index in [-0.39, 0.29) is 5.82 Å². The van der Waals surface area contributed by atoms with Crippen LogP contribution in [0.2, 0.25) is 0 Å². The van der Waals surface area contributed by atoms with Gasteiger partial charge >= 0.3 is 23.5 Å². The van der Waals surface area contributed by atoms with E-state index in [9.17, 15) is 37.8 Å². The van der Waals surface area contributed by atoms with Gasteiger partial charge in [-0.1, -0.05) is 13.2 Å². The molecule has 2 heterocycles. The Morgan fingerprint density at radius 3 is 2.44 bits per heavy atom. The smallest absolute Gasteiger partial charge is 0.386 e. The Hall–Kier alpha value is -1.47. The average molecular weight is 522 g/mol. The number of phosphoric ester groups is 1. The first-order valence-electron chi connectivity index (χ1n) is 8.13. The van der Waals surface area contributed by atoms with Crippen molar-refractivity contribution in [3.8, 4) is 0 Å². The van der Waals surface area contributed by atoms with Crippen LogP contribution in [0.25, 0.3) is 0 Å². The fraction of sp³-hybridized carbons (Fsp3) is 0.385. The number of rotatable bonds is 9. The number of ether oxygens (including phenoxy) is 1. The monoisotopic (exact) mass is 522 g/mol. The average Bonchev–Trinajstić information content (AvgIpc) is 2.83. The molecule has 2 aliphatic rings. The van der Waals surface area contributed by atoms with Gasteiger partial charge in [-0.2, -0.15) is 8.62 Å². The number of halogens is 1. The zero-order valence-electron chi connectivity index (χ0n) is 15.8. The van der Waals surface area contributed by atoms with Crippen molar-refractivity contribution in [2.75, 3.05) is 6.61 Å². The van der Waals surface area contributed by atoms with Crippen molar-refractivity contribution in [1.29, 1.82) is 0 Å². The number of carbonyl (C=O) groups excluding carboxylic acids is 1. The summed E-state index contributed by atoms with van der Waals surface area (Å²) in [4.78, 5) is 48.2. The predicted octanol–water partition coefficient (Wildman–Crippen LogP) is -0.118. The first kappa shape index (κ1) is 26.8. The Kier molecular flexibility index (Phi) is 7.88. The summed E-state index contributed by atoms with van der Waals surface area (Å²) in [6.07, 6.45) is -3.01. The number of alkyl halides is 1. The van der Waals surface area contributed by atoms with Crippen molar-refractivity contribution in [1.82, 2.24) is 10.2 Å². The van der Waals surface area contributed by atoms with Crippen molar-refractivity contribution in [3.63, 3.8) is 0 Å². The highest BCUT2D eigenvalue weighted by Gasteiger charge is 2.57. The summed E-state index contributed by atoms with van der Waals surface area (Å²) in [7, 11) is -17.0. The lowest BCUT2D eigenvalue weighted by atomic mass is 9.96. The van der Waals surface area contributed by atoms with Gasteiger partial charge in [0.15, 0.2) is 12.4 Å². The van der Waals surface area contributed by atoms with E-state index in [0.29, 0.717) is 0 Å². The maximum Gasteiger partial charge on any atom is 0.490 e. The summed E-state index contributed by atoms with van der Waals surface area (Å²) in [6, 6.07) is 0. The van der Waals surface area contributed by atoms with Gasteiger partial charge in [0, 0.05) is 12.3 Å². The molecular formula is C13H18FN2O13P3. The molecule has 0 aromatic rings. The number of carbonyl (C=O) groups is 1. The Morgan fingerprint density at radius 1 is 1.28 bits per heavy atom. The van der Waals surface area contributed by atoms with Crippen LogP contribution in [0.1, 0.15) is 0 Å². The quantitative estimate of drug-likeness (QED) is 0.172. The molecule has 0 aromatic heterocycles. The minimum atomic E-state index is -5.80. The van der Waals surface area contributed by atoms with Crippen molar-refractivity contribution in [3.05, 3.63) is 43.1 Å². The van der Waals surface area contributed by atoms with E-state index in [2.05, 4.69) is 37.4 Å². The van der Waals surface area contributed by atoms with Crippen LogP contribution in [-0.4, -0.2) is 66.2 Å². The topological polar surface area (TPSA) is 222 Å². The molecule has 0 aliphatic carbocycles. The third-order valence-corrected chi connectivity index (χ3v) is 7.65. The number of nitrogens with one attached hydrogen (secondary N) is 1. The summed E-state index contributed by atoms with van der Waals surface area (Å²) in [6.45, 7) is 5.53. The normalized spacial score (nSPS) is 32.1. The van der Waals surface area contributed by atoms with Crippen LogP contribution in [0, 0.1) is 0 Å². The molecule has 6 N–H and O–H groups in total. The number of amides is 1. The first-order chi connectivity index (χ1) is 14.5. The van der Waals surface area contributed by atoms with E-state index >= 15 is 0 Å². The minimum Gasteiger partial charge on any atom is -0.386 e. The SMILES string of the molecule is C=C=C[C@]1(COP(=O)(O)OP(=O)(O)OP(=O)(O)O)O[C@@H](N2C=CC(=O)NC2=C)[C@@H](F)[C@@H]1O. The molecular weight excluding hydrogens is 504 g/mol. The van der Waals surface area contributed by atoms with Crippen molar-refractivity contribution < 1.29 is 65.4 Å². The summed E-state index contributed by atoms with van der Waals surface area (Å²) < 4.78 is 65.9. The van der Waals surface area contributed by atoms with Crippen LogP contribution >= 0.6 is 23.5 Å². The minimum absolute atomic E-state index is 0.122. The second-order valence-corrected chi connectivity index (χ2v) is 10.6. The number of phosphoric acid groups is 3. The molecule has 0 bridgehead atoms. The number of aliphatic hydroxyl groups excluding tert-OH is 1. The second-order valence-electron chi connectivity index (χ2n) is 6.22. The molecule has 32 heavy (non-hydrogen) atoms. The number of aliphatic hydroxyl groups is 1. The standard InChI is InChI=1S/C13H18FN2O13P3/c1-3-5-13(7-26-31(22,23)29-32(24,25)28-30(19,20)21)11(18)10(14)12(27-13)16-6-4-9(17)15-8(16)2/h4-6,10-12,18H,1-2,7H2,(H,15,17)(H,22,23)(H,24,25)(H2,19,20,21)/t10-,11-,12+,13+/m0/s1. The van der Waals surface area contributed by atoms with E-state index in [1.54, 1.807) is 0 Å². The Morgan fingerprint density at radius 2 is 1.91 bits per heavy atom. The molecule has 0 spiro atoms. The van der Waals surface area contributed by atoms with Gasteiger partial charge in [-0.05, 0) is 6.08 Å². The number of hydrogen-bond acceptors (Lipinski definition) is 10. The Labute approximate surface area is 179 Å². The molecule has 0 aromatic carbocycles. The van der Waals surface area contributed by atoms with Gasteiger partial charge in [-0.3, -0.25) is 9.32 Å². The molecule has 1 saturated heterocycles. The molecule has 15 nitrogen and oxygen atoms in total. The maximum absolute atomic E-state index is 14.8. The largest absolute Gasteiger partial charge is 0.490 e. The Balaban J connectivity index is 2.22. The van der Waals surface area contributed by atoms with Crippen LogP contribution in [0.15, 0.2) is 43.1 Å². The molecule has 0 saturated carbocycles. The lowest BCUT2D eigenvalue weighted by Crippen LogP contribution is -2.45. The summed E-state index contributed by atoms with van der Waals surface area (Å²) >= 11 is 0. The summed E-state index contributed by atoms with van der Waals surface area (Å²) in [5.41, 5.74) is -0.0778. The summed E-state index contributed by atoms with van der Waals surface area (Å²) in [5.74, 6) is -0.686. The zero-order valence-corrected chi connectivity index (χ0v) is 18.4. The van der Waals surface area contributed by atoms with E-state index < -0.39 is 60.1 Å². The number of nitrogens with zero attached hydrogens (tertiary/aromatic N) is 1. The fourth-order valence-electron chi connectivity index (χ4n) is 2.66. The molecule has 180 valence electrons. The zero-order chi connectivity index (χ0) is 24.5. The third kappa shape index (κ3) is 6.53. The van der Waals surface area contributed by atoms with Gasteiger partial charge in [0.1, 0.15) is 17.5 Å². The van der Waals surface area contributed by atoms with E-state index in [1.807, 2.05) is 0 Å². The molecule has 2 rings (SSSR count). The van der Waals surface area contributed by atoms with E-state index in [1.165, 1.54) is 0 Å². The van der Waals surface area contributed by atoms with Gasteiger partial charge < -0.3 is 39.6 Å². The maximum atomic E-state index is 14.8. The molecule has 1 amide bonds. The van der Waals surface area contributed by atoms with Crippen molar-refractivity contribution in [2.24, 2.45) is 0 Å². The predicted molar refractivity (Wildman–Crippen MR) is 100 cm³/mol. The van der Waals surface area contributed by atoms with Crippen LogP contribution < -0.4 is 5.32 Å². The van der Waals surface area contributed by atoms with E-state index in [0.717, 1.165) is 23.3 Å². The fourth-order valence-corrected chi connectivity index (χ4v) is 5.72. The van der Waals surface area contributed by atoms with Gasteiger partial charge in [-0.15, -0.1) is 5.73 Å². The van der Waals surface area contributed by atoms with Crippen molar-refractivity contribution in [2.45, 2.75) is 24.1 Å². The third-order valence-electron chi connectivity index (χ3n) is 3.87. The Bertz CT molecular complexity index is 1010. The lowest BCUT2D eigenvalue weighted by molar-refractivity contribution is -0.120. The molecule has 0 radical (unpaired) electrons. The molecule has 2 aliphatic heterocycles. The second kappa shape index (κ2) is 9.41. The highest BCUT2D eigenvalue weighted by molar-refractivity contribution is 7.66. The summed E-state index contributed by atoms with van der Waals surface area (Å²) in [5, 5.41) is 12.6. The van der Waals surface area contributed by atoms with Crippen LogP contribution in [0.4, 0.5) is 4.39 Å². The molecule has 1 fully saturated rings. The highest BCUT2D eigenvalue weighted by atomic mass is 31.3. The van der Waals surface area contributed by atoms with Crippen molar-refractivity contribution >= 4 is 29.4 Å². The number of hydrogen-bond donors (Lipinski definition) is 6. The molecule has 2 unspecified atom stereocenters. The first-order valence-corrected chi connectivity index (χ1v) is 12.6. The van der Waals surface area contributed by atoms with Gasteiger partial charge in [0.25, 0.3) is 5.91 Å². The van der Waals surface area contributed by atoms with Crippen LogP contribution in [-0.2, 0) is 36.4 Å². The van der Waals surface area contributed by atoms with Gasteiger partial charge in [0.2, 0.25) is 0 Å². The molecule has 6 atom stereocenters. The van der Waals surface area contributed by atoms with Gasteiger partial charge in [0.05, 0.1) is 6.61 Å². The molecule has 19 heteroatoms. The van der Waals surface area contributed by atoms with E-state index in [4.69, 9.17) is 14.5 Å². The van der Waals surface area contributed by atoms with Crippen LogP contribution in [0.5, 0.6) is 0 Å².